The monoisotopic (exact) mass is 434 g/mol. The molecule has 1 aliphatic heterocycles. The first-order valence-electron chi connectivity index (χ1n) is 12.6. The second-order valence-electron chi connectivity index (χ2n) is 8.38. The van der Waals surface area contributed by atoms with E-state index in [9.17, 15) is 19.5 Å². The van der Waals surface area contributed by atoms with Crippen molar-refractivity contribution in [1.82, 2.24) is 10.2 Å². The van der Waals surface area contributed by atoms with Crippen LogP contribution in [0.4, 0.5) is 0 Å². The number of rotatable bonds is 9. The molecule has 0 radical (unpaired) electrons. The summed E-state index contributed by atoms with van der Waals surface area (Å²) in [6.07, 6.45) is 4.36. The van der Waals surface area contributed by atoms with Crippen LogP contribution >= 0.6 is 0 Å². The molecule has 5 atom stereocenters. The summed E-state index contributed by atoms with van der Waals surface area (Å²) < 4.78 is 29.3. The predicted molar refractivity (Wildman–Crippen MR) is 116 cm³/mol. The number of nitrogens with one attached hydrogen (secondary N) is 1. The van der Waals surface area contributed by atoms with E-state index in [0.29, 0.717) is 19.3 Å². The molecule has 7 heteroatoms. The van der Waals surface area contributed by atoms with Gasteiger partial charge in [0.1, 0.15) is 12.1 Å². The number of benzene rings is 1. The number of amides is 1. The van der Waals surface area contributed by atoms with Crippen LogP contribution < -0.4 is 5.32 Å². The van der Waals surface area contributed by atoms with Gasteiger partial charge < -0.3 is 14.7 Å². The van der Waals surface area contributed by atoms with Gasteiger partial charge in [0.2, 0.25) is 5.91 Å². The largest absolute Gasteiger partial charge is 0.480 e. The Hall–Kier alpha value is -2.41. The number of aryl methyl sites for hydroxylation is 1. The second-order valence-corrected chi connectivity index (χ2v) is 8.38. The average Bonchev–Trinajstić information content (AvgIpc) is 3.19. The molecule has 2 N–H and O–H groups in total. The van der Waals surface area contributed by atoms with Crippen LogP contribution in [0.25, 0.3) is 0 Å². The van der Waals surface area contributed by atoms with Gasteiger partial charge in [-0.2, -0.15) is 0 Å². The van der Waals surface area contributed by atoms with E-state index in [1.807, 2.05) is 30.3 Å². The van der Waals surface area contributed by atoms with Gasteiger partial charge in [0.05, 0.1) is 12.6 Å². The van der Waals surface area contributed by atoms with E-state index in [-0.39, 0.29) is 25.0 Å². The minimum Gasteiger partial charge on any atom is -0.480 e. The van der Waals surface area contributed by atoms with Crippen LogP contribution in [-0.4, -0.2) is 58.6 Å². The van der Waals surface area contributed by atoms with Crippen molar-refractivity contribution in [2.24, 2.45) is 5.92 Å². The summed E-state index contributed by atoms with van der Waals surface area (Å²) in [5.41, 5.74) is 0.964. The van der Waals surface area contributed by atoms with Crippen molar-refractivity contribution in [3.05, 3.63) is 35.9 Å². The van der Waals surface area contributed by atoms with Crippen molar-refractivity contribution in [3.63, 3.8) is 0 Å². The normalized spacial score (nSPS) is 26.7. The van der Waals surface area contributed by atoms with Gasteiger partial charge >= 0.3 is 11.9 Å². The van der Waals surface area contributed by atoms with Crippen molar-refractivity contribution in [2.75, 3.05) is 6.61 Å². The highest BCUT2D eigenvalue weighted by Crippen LogP contribution is 2.40. The number of carboxylic acid groups (broad SMARTS) is 1. The fourth-order valence-corrected chi connectivity index (χ4v) is 4.89. The SMILES string of the molecule is [2H][13C]([2H])([2H])[C@H](N[C@H](CCc1ccccc1)C(=O)OCC)C(=O)N1[C@H](C(=O)O)C[C@H]2CCCC[C@@H]21. The van der Waals surface area contributed by atoms with Gasteiger partial charge in [-0.25, -0.2) is 4.79 Å². The number of hydrogen-bond acceptors (Lipinski definition) is 5. The third-order valence-corrected chi connectivity index (χ3v) is 6.38. The van der Waals surface area contributed by atoms with Crippen molar-refractivity contribution < 1.29 is 28.3 Å². The lowest BCUT2D eigenvalue weighted by Crippen LogP contribution is -2.55. The molecule has 1 aliphatic carbocycles. The molecule has 3 rings (SSSR count). The Bertz CT molecular complexity index is 864. The van der Waals surface area contributed by atoms with E-state index in [2.05, 4.69) is 5.32 Å². The quantitative estimate of drug-likeness (QED) is 0.458. The maximum atomic E-state index is 13.6. The molecule has 7 nitrogen and oxygen atoms in total. The number of ether oxygens (including phenoxy) is 1. The third-order valence-electron chi connectivity index (χ3n) is 6.38. The summed E-state index contributed by atoms with van der Waals surface area (Å²) in [7, 11) is 0. The summed E-state index contributed by atoms with van der Waals surface area (Å²) in [6, 6.07) is 5.34. The van der Waals surface area contributed by atoms with E-state index < -0.39 is 42.8 Å². The van der Waals surface area contributed by atoms with Gasteiger partial charge in [-0.05, 0) is 57.4 Å². The van der Waals surface area contributed by atoms with Crippen LogP contribution in [0.15, 0.2) is 30.3 Å². The summed E-state index contributed by atoms with van der Waals surface area (Å²) in [6.45, 7) is -1.00. The number of carboxylic acids is 1. The van der Waals surface area contributed by atoms with Crippen LogP contribution in [0.5, 0.6) is 0 Å². The standard InChI is InChI=1S/C24H34N2O5/c1-3-31-24(30)19(14-13-17-9-5-4-6-10-17)25-16(2)22(27)26-20-12-8-7-11-18(20)15-21(26)23(28)29/h4-6,9-10,16,18-21,25H,3,7-8,11-15H2,1-2H3,(H,28,29)/t16-,18+,19+,20-,21-/m0/s1/i2+1D3. The van der Waals surface area contributed by atoms with E-state index in [0.717, 1.165) is 24.8 Å². The van der Waals surface area contributed by atoms with Crippen LogP contribution in [0.1, 0.15) is 62.0 Å². The minimum atomic E-state index is -2.77. The Labute approximate surface area is 188 Å². The fourth-order valence-electron chi connectivity index (χ4n) is 4.89. The van der Waals surface area contributed by atoms with Crippen LogP contribution in [0.2, 0.25) is 0 Å². The lowest BCUT2D eigenvalue weighted by molar-refractivity contribution is -0.152. The van der Waals surface area contributed by atoms with Gasteiger partial charge in [0, 0.05) is 10.2 Å². The van der Waals surface area contributed by atoms with E-state index in [4.69, 9.17) is 8.85 Å². The molecule has 2 aliphatic rings. The molecule has 31 heavy (non-hydrogen) atoms. The fraction of sp³-hybridized carbons (Fsp3) is 0.625. The topological polar surface area (TPSA) is 95.9 Å². The first-order chi connectivity index (χ1) is 16.1. The Morgan fingerprint density at radius 3 is 2.68 bits per heavy atom. The van der Waals surface area contributed by atoms with E-state index in [1.54, 1.807) is 6.92 Å². The molecule has 1 aromatic rings. The molecule has 1 amide bonds. The summed E-state index contributed by atoms with van der Waals surface area (Å²) >= 11 is 0. The van der Waals surface area contributed by atoms with E-state index in [1.165, 1.54) is 4.90 Å². The Kier molecular flexibility index (Phi) is 6.69. The van der Waals surface area contributed by atoms with Crippen LogP contribution in [0, 0.1) is 5.92 Å². The molecule has 0 bridgehead atoms. The van der Waals surface area contributed by atoms with Crippen LogP contribution in [0.3, 0.4) is 0 Å². The zero-order valence-electron chi connectivity index (χ0n) is 21.0. The maximum absolute atomic E-state index is 13.6. The second kappa shape index (κ2) is 10.8. The summed E-state index contributed by atoms with van der Waals surface area (Å²) in [5.74, 6) is -2.49. The lowest BCUT2D eigenvalue weighted by Gasteiger charge is -2.35. The van der Waals surface area contributed by atoms with Gasteiger partial charge in [-0.1, -0.05) is 43.2 Å². The molecule has 1 heterocycles. The highest BCUT2D eigenvalue weighted by atomic mass is 16.5. The van der Waals surface area contributed by atoms with Gasteiger partial charge in [-0.15, -0.1) is 0 Å². The first-order valence-corrected chi connectivity index (χ1v) is 11.1. The Morgan fingerprint density at radius 1 is 1.26 bits per heavy atom. The van der Waals surface area contributed by atoms with Crippen molar-refractivity contribution in [3.8, 4) is 0 Å². The molecule has 170 valence electrons. The molecule has 0 spiro atoms. The third kappa shape index (κ3) is 5.64. The smallest absolute Gasteiger partial charge is 0.326 e. The molecule has 0 unspecified atom stereocenters. The number of likely N-dealkylation sites (tertiary alicyclic amines) is 1. The number of nitrogens with zero attached hydrogens (tertiary/aromatic N) is 1. The van der Waals surface area contributed by atoms with Crippen molar-refractivity contribution in [1.29, 1.82) is 0 Å². The number of carbonyl (C=O) groups excluding carboxylic acids is 2. The number of hydrogen-bond donors (Lipinski definition) is 2. The van der Waals surface area contributed by atoms with Crippen LogP contribution in [-0.2, 0) is 25.5 Å². The highest BCUT2D eigenvalue weighted by Gasteiger charge is 2.48. The summed E-state index contributed by atoms with van der Waals surface area (Å²) in [5, 5.41) is 12.5. The van der Waals surface area contributed by atoms with Crippen molar-refractivity contribution in [2.45, 2.75) is 82.9 Å². The average molecular weight is 435 g/mol. The molecule has 2 fully saturated rings. The minimum absolute atomic E-state index is 0.0509. The van der Waals surface area contributed by atoms with Gasteiger partial charge in [0.15, 0.2) is 0 Å². The number of carbonyl (C=O) groups is 3. The van der Waals surface area contributed by atoms with Crippen molar-refractivity contribution >= 4 is 17.8 Å². The zero-order valence-corrected chi connectivity index (χ0v) is 18.0. The van der Waals surface area contributed by atoms with E-state index >= 15 is 0 Å². The molecule has 1 saturated heterocycles. The summed E-state index contributed by atoms with van der Waals surface area (Å²) in [4.78, 5) is 39.6. The predicted octanol–water partition coefficient (Wildman–Crippen LogP) is 2.77. The number of esters is 1. The first kappa shape index (κ1) is 19.3. The van der Waals surface area contributed by atoms with Gasteiger partial charge in [-0.3, -0.25) is 14.9 Å². The molecule has 1 saturated carbocycles. The molecular weight excluding hydrogens is 397 g/mol. The Morgan fingerprint density at radius 2 is 2.00 bits per heavy atom. The molecule has 0 aromatic heterocycles. The number of fused-ring (bicyclic) bond motifs is 1. The van der Waals surface area contributed by atoms with Gasteiger partial charge in [0.25, 0.3) is 0 Å². The lowest BCUT2D eigenvalue weighted by atomic mass is 9.84. The molecular formula is C24H34N2O5. The molecule has 1 aromatic carbocycles. The number of aliphatic carboxylic acids is 1. The maximum Gasteiger partial charge on any atom is 0.326 e. The zero-order chi connectivity index (χ0) is 24.9. The highest BCUT2D eigenvalue weighted by molar-refractivity contribution is 5.88. The Balaban J connectivity index is 1.85.